The van der Waals surface area contributed by atoms with Crippen molar-refractivity contribution < 1.29 is 4.79 Å². The molecule has 1 aliphatic rings. The Balaban J connectivity index is 0.00000121. The summed E-state index contributed by atoms with van der Waals surface area (Å²) in [5.74, 6) is -0.0108. The minimum Gasteiger partial charge on any atom is -0.399 e. The van der Waals surface area contributed by atoms with E-state index in [4.69, 9.17) is 5.73 Å². The fourth-order valence-corrected chi connectivity index (χ4v) is 2.77. The SMILES string of the molecule is Cl.Cl.Nc1ccc2c(c1)CCCC2NC(=O)Cn1cccn1. The average Bonchev–Trinajstić information content (AvgIpc) is 2.91. The van der Waals surface area contributed by atoms with Gasteiger partial charge in [-0.2, -0.15) is 5.10 Å². The summed E-state index contributed by atoms with van der Waals surface area (Å²) < 4.78 is 1.63. The third-order valence-electron chi connectivity index (χ3n) is 3.68. The van der Waals surface area contributed by atoms with Crippen LogP contribution in [0.2, 0.25) is 0 Å². The number of carbonyl (C=O) groups excluding carboxylic acids is 1. The standard InChI is InChI=1S/C15H18N4O.2ClH/c16-12-5-6-13-11(9-12)3-1-4-14(13)18-15(20)10-19-8-2-7-17-19;;/h2,5-9,14H,1,3-4,10,16H2,(H,18,20);2*1H. The van der Waals surface area contributed by atoms with Gasteiger partial charge in [0.15, 0.2) is 0 Å². The first-order valence-electron chi connectivity index (χ1n) is 6.87. The van der Waals surface area contributed by atoms with E-state index in [-0.39, 0.29) is 43.3 Å². The Labute approximate surface area is 142 Å². The first-order chi connectivity index (χ1) is 9.72. The predicted octanol–water partition coefficient (Wildman–Crippen LogP) is 2.50. The van der Waals surface area contributed by atoms with Crippen molar-refractivity contribution in [2.75, 3.05) is 5.73 Å². The predicted molar refractivity (Wildman–Crippen MR) is 91.4 cm³/mol. The molecule has 22 heavy (non-hydrogen) atoms. The number of nitrogens with one attached hydrogen (secondary N) is 1. The van der Waals surface area contributed by atoms with Crippen molar-refractivity contribution in [2.45, 2.75) is 31.8 Å². The Morgan fingerprint density at radius 2 is 2.23 bits per heavy atom. The summed E-state index contributed by atoms with van der Waals surface area (Å²) >= 11 is 0. The van der Waals surface area contributed by atoms with Gasteiger partial charge in [0, 0.05) is 18.1 Å². The lowest BCUT2D eigenvalue weighted by atomic mass is 9.87. The molecule has 1 heterocycles. The number of hydrogen-bond donors (Lipinski definition) is 2. The van der Waals surface area contributed by atoms with Crippen LogP contribution in [0.5, 0.6) is 0 Å². The molecule has 1 aliphatic carbocycles. The Morgan fingerprint density at radius 3 is 2.95 bits per heavy atom. The molecule has 0 bridgehead atoms. The minimum atomic E-state index is -0.0108. The van der Waals surface area contributed by atoms with Crippen LogP contribution >= 0.6 is 24.8 Å². The zero-order chi connectivity index (χ0) is 13.9. The second-order valence-corrected chi connectivity index (χ2v) is 5.17. The monoisotopic (exact) mass is 342 g/mol. The molecule has 0 saturated carbocycles. The van der Waals surface area contributed by atoms with Crippen LogP contribution in [0.3, 0.4) is 0 Å². The molecule has 1 aromatic carbocycles. The van der Waals surface area contributed by atoms with E-state index in [0.29, 0.717) is 0 Å². The van der Waals surface area contributed by atoms with E-state index in [2.05, 4.69) is 10.4 Å². The van der Waals surface area contributed by atoms with E-state index in [9.17, 15) is 4.79 Å². The highest BCUT2D eigenvalue weighted by molar-refractivity contribution is 5.85. The van der Waals surface area contributed by atoms with Gasteiger partial charge >= 0.3 is 0 Å². The number of halogens is 2. The average molecular weight is 343 g/mol. The van der Waals surface area contributed by atoms with Crippen LogP contribution < -0.4 is 11.1 Å². The van der Waals surface area contributed by atoms with Crippen LogP contribution in [-0.2, 0) is 17.8 Å². The first kappa shape index (κ1) is 18.3. The van der Waals surface area contributed by atoms with Crippen molar-refractivity contribution in [2.24, 2.45) is 0 Å². The van der Waals surface area contributed by atoms with Crippen LogP contribution in [0, 0.1) is 0 Å². The van der Waals surface area contributed by atoms with E-state index in [0.717, 1.165) is 24.9 Å². The molecule has 3 rings (SSSR count). The van der Waals surface area contributed by atoms with E-state index in [1.54, 1.807) is 17.1 Å². The zero-order valence-corrected chi connectivity index (χ0v) is 13.7. The lowest BCUT2D eigenvalue weighted by Crippen LogP contribution is -2.33. The van der Waals surface area contributed by atoms with Crippen LogP contribution in [-0.4, -0.2) is 15.7 Å². The van der Waals surface area contributed by atoms with E-state index < -0.39 is 0 Å². The van der Waals surface area contributed by atoms with Gasteiger partial charge in [-0.25, -0.2) is 0 Å². The highest BCUT2D eigenvalue weighted by Crippen LogP contribution is 2.30. The minimum absolute atomic E-state index is 0. The van der Waals surface area contributed by atoms with Gasteiger partial charge in [-0.1, -0.05) is 6.07 Å². The number of hydrogen-bond acceptors (Lipinski definition) is 3. The summed E-state index contributed by atoms with van der Waals surface area (Å²) in [6, 6.07) is 7.84. The fraction of sp³-hybridized carbons (Fsp3) is 0.333. The Morgan fingerprint density at radius 1 is 1.41 bits per heavy atom. The van der Waals surface area contributed by atoms with Crippen molar-refractivity contribution >= 4 is 36.4 Å². The summed E-state index contributed by atoms with van der Waals surface area (Å²) in [7, 11) is 0. The Hall–Kier alpha value is -1.72. The summed E-state index contributed by atoms with van der Waals surface area (Å²) in [6.07, 6.45) is 6.54. The fourth-order valence-electron chi connectivity index (χ4n) is 2.77. The number of benzene rings is 1. The summed E-state index contributed by atoms with van der Waals surface area (Å²) in [4.78, 5) is 12.1. The molecule has 1 aromatic heterocycles. The highest BCUT2D eigenvalue weighted by atomic mass is 35.5. The van der Waals surface area contributed by atoms with Gasteiger partial charge in [0.1, 0.15) is 6.54 Å². The maximum atomic E-state index is 12.1. The number of nitrogens with zero attached hydrogens (tertiary/aromatic N) is 2. The van der Waals surface area contributed by atoms with Gasteiger partial charge in [-0.15, -0.1) is 24.8 Å². The number of aryl methyl sites for hydroxylation is 1. The van der Waals surface area contributed by atoms with Crippen molar-refractivity contribution in [3.63, 3.8) is 0 Å². The molecule has 0 radical (unpaired) electrons. The van der Waals surface area contributed by atoms with Gasteiger partial charge < -0.3 is 11.1 Å². The van der Waals surface area contributed by atoms with E-state index in [1.165, 1.54) is 11.1 Å². The summed E-state index contributed by atoms with van der Waals surface area (Å²) in [5, 5.41) is 7.14. The van der Waals surface area contributed by atoms with Crippen molar-refractivity contribution in [1.82, 2.24) is 15.1 Å². The maximum absolute atomic E-state index is 12.1. The molecular weight excluding hydrogens is 323 g/mol. The van der Waals surface area contributed by atoms with E-state index >= 15 is 0 Å². The third kappa shape index (κ3) is 4.15. The smallest absolute Gasteiger partial charge is 0.242 e. The number of nitrogen functional groups attached to an aromatic ring is 1. The van der Waals surface area contributed by atoms with Gasteiger partial charge in [0.05, 0.1) is 6.04 Å². The lowest BCUT2D eigenvalue weighted by molar-refractivity contribution is -0.122. The lowest BCUT2D eigenvalue weighted by Gasteiger charge is -2.26. The number of nitrogens with two attached hydrogens (primary N) is 1. The number of anilines is 1. The van der Waals surface area contributed by atoms with Crippen LogP contribution in [0.1, 0.15) is 30.0 Å². The van der Waals surface area contributed by atoms with Gasteiger partial charge in [-0.05, 0) is 48.6 Å². The zero-order valence-electron chi connectivity index (χ0n) is 12.1. The molecule has 2 aromatic rings. The molecule has 0 fully saturated rings. The largest absolute Gasteiger partial charge is 0.399 e. The molecule has 0 spiro atoms. The molecule has 1 amide bonds. The second kappa shape index (κ2) is 8.06. The Kier molecular flexibility index (Phi) is 6.71. The summed E-state index contributed by atoms with van der Waals surface area (Å²) in [6.45, 7) is 0.258. The molecule has 0 aliphatic heterocycles. The topological polar surface area (TPSA) is 72.9 Å². The van der Waals surface area contributed by atoms with Crippen molar-refractivity contribution in [1.29, 1.82) is 0 Å². The molecule has 120 valence electrons. The molecular formula is C15H20Cl2N4O. The van der Waals surface area contributed by atoms with Gasteiger partial charge in [0.2, 0.25) is 5.91 Å². The van der Waals surface area contributed by atoms with E-state index in [1.807, 2.05) is 24.3 Å². The van der Waals surface area contributed by atoms with Gasteiger partial charge in [0.25, 0.3) is 0 Å². The first-order valence-corrected chi connectivity index (χ1v) is 6.87. The van der Waals surface area contributed by atoms with Gasteiger partial charge in [-0.3, -0.25) is 9.48 Å². The molecule has 1 atom stereocenters. The number of fused-ring (bicyclic) bond motifs is 1. The maximum Gasteiger partial charge on any atom is 0.242 e. The molecule has 1 unspecified atom stereocenters. The number of aromatic nitrogens is 2. The van der Waals surface area contributed by atoms with Crippen LogP contribution in [0.15, 0.2) is 36.7 Å². The number of amides is 1. The molecule has 3 N–H and O–H groups in total. The number of carbonyl (C=O) groups is 1. The quantitative estimate of drug-likeness (QED) is 0.841. The Bertz CT molecular complexity index is 616. The second-order valence-electron chi connectivity index (χ2n) is 5.17. The molecule has 0 saturated heterocycles. The normalized spacial score (nSPS) is 15.9. The highest BCUT2D eigenvalue weighted by Gasteiger charge is 2.21. The van der Waals surface area contributed by atoms with Crippen LogP contribution in [0.25, 0.3) is 0 Å². The number of rotatable bonds is 3. The molecule has 7 heteroatoms. The summed E-state index contributed by atoms with van der Waals surface area (Å²) in [5.41, 5.74) is 9.05. The van der Waals surface area contributed by atoms with Crippen molar-refractivity contribution in [3.05, 3.63) is 47.8 Å². The van der Waals surface area contributed by atoms with Crippen LogP contribution in [0.4, 0.5) is 5.69 Å². The molecule has 5 nitrogen and oxygen atoms in total. The van der Waals surface area contributed by atoms with Crippen molar-refractivity contribution in [3.8, 4) is 0 Å². The third-order valence-corrected chi connectivity index (χ3v) is 3.68.